The molecule has 1 aliphatic rings. The molecule has 1 fully saturated rings. The largest absolute Gasteiger partial charge is 0.336 e. The molecule has 0 N–H and O–H groups in total. The predicted molar refractivity (Wildman–Crippen MR) is 61.0 cm³/mol. The lowest BCUT2D eigenvalue weighted by Crippen LogP contribution is -2.43. The lowest BCUT2D eigenvalue weighted by Gasteiger charge is -2.35. The normalized spacial score (nSPS) is 20.8. The number of rotatable bonds is 2. The number of aromatic nitrogens is 2. The molecule has 0 saturated carbocycles. The van der Waals surface area contributed by atoms with Gasteiger partial charge in [0.15, 0.2) is 0 Å². The van der Waals surface area contributed by atoms with E-state index in [4.69, 9.17) is 0 Å². The monoisotopic (exact) mass is 219 g/mol. The lowest BCUT2D eigenvalue weighted by atomic mass is 9.99. The topological polar surface area (TPSA) is 46.1 Å². The van der Waals surface area contributed by atoms with Crippen LogP contribution >= 0.6 is 0 Å². The third-order valence-corrected chi connectivity index (χ3v) is 3.17. The Morgan fingerprint density at radius 1 is 1.44 bits per heavy atom. The molecule has 0 bridgehead atoms. The van der Waals surface area contributed by atoms with Crippen LogP contribution in [0.1, 0.15) is 43.0 Å². The maximum absolute atomic E-state index is 12.2. The van der Waals surface area contributed by atoms with E-state index in [9.17, 15) is 4.79 Å². The van der Waals surface area contributed by atoms with Crippen molar-refractivity contribution in [3.63, 3.8) is 0 Å². The Labute approximate surface area is 95.7 Å². The second-order valence-corrected chi connectivity index (χ2v) is 4.18. The van der Waals surface area contributed by atoms with E-state index < -0.39 is 0 Å². The van der Waals surface area contributed by atoms with Crippen LogP contribution in [-0.4, -0.2) is 33.4 Å². The SMILES string of the molecule is CCC1CCCCN1C(=O)c1cncnc1. The van der Waals surface area contributed by atoms with Gasteiger partial charge in [0, 0.05) is 25.0 Å². The first kappa shape index (κ1) is 11.0. The average Bonchev–Trinajstić information content (AvgIpc) is 2.39. The molecular weight excluding hydrogens is 202 g/mol. The van der Waals surface area contributed by atoms with Crippen molar-refractivity contribution >= 4 is 5.91 Å². The minimum atomic E-state index is 0.0761. The van der Waals surface area contributed by atoms with Gasteiger partial charge in [0.2, 0.25) is 0 Å². The van der Waals surface area contributed by atoms with Crippen LogP contribution in [-0.2, 0) is 0 Å². The Morgan fingerprint density at radius 2 is 2.19 bits per heavy atom. The molecule has 4 heteroatoms. The van der Waals surface area contributed by atoms with Gasteiger partial charge >= 0.3 is 0 Å². The Morgan fingerprint density at radius 3 is 2.88 bits per heavy atom. The summed E-state index contributed by atoms with van der Waals surface area (Å²) < 4.78 is 0. The molecule has 1 atom stereocenters. The first-order valence-corrected chi connectivity index (χ1v) is 5.89. The molecule has 1 aliphatic heterocycles. The van der Waals surface area contributed by atoms with Crippen molar-refractivity contribution in [3.8, 4) is 0 Å². The van der Waals surface area contributed by atoms with Crippen LogP contribution in [0.25, 0.3) is 0 Å². The van der Waals surface area contributed by atoms with Gasteiger partial charge in [-0.05, 0) is 25.7 Å². The summed E-state index contributed by atoms with van der Waals surface area (Å²) in [6.07, 6.45) is 9.12. The zero-order valence-corrected chi connectivity index (χ0v) is 9.59. The van der Waals surface area contributed by atoms with Crippen LogP contribution < -0.4 is 0 Å². The van der Waals surface area contributed by atoms with Gasteiger partial charge in [0.25, 0.3) is 5.91 Å². The number of likely N-dealkylation sites (tertiary alicyclic amines) is 1. The average molecular weight is 219 g/mol. The number of carbonyl (C=O) groups is 1. The summed E-state index contributed by atoms with van der Waals surface area (Å²) in [5, 5.41) is 0. The Kier molecular flexibility index (Phi) is 3.49. The zero-order valence-electron chi connectivity index (χ0n) is 9.59. The van der Waals surface area contributed by atoms with Gasteiger partial charge in [-0.2, -0.15) is 0 Å². The van der Waals surface area contributed by atoms with Crippen molar-refractivity contribution in [2.24, 2.45) is 0 Å². The molecule has 1 aromatic heterocycles. The fraction of sp³-hybridized carbons (Fsp3) is 0.583. The van der Waals surface area contributed by atoms with E-state index in [-0.39, 0.29) is 5.91 Å². The Hall–Kier alpha value is -1.45. The van der Waals surface area contributed by atoms with Gasteiger partial charge in [0.1, 0.15) is 6.33 Å². The Balaban J connectivity index is 2.14. The van der Waals surface area contributed by atoms with Crippen LogP contribution in [0.15, 0.2) is 18.7 Å². The van der Waals surface area contributed by atoms with Gasteiger partial charge in [-0.3, -0.25) is 4.79 Å². The van der Waals surface area contributed by atoms with Gasteiger partial charge in [-0.1, -0.05) is 6.92 Å². The first-order chi connectivity index (χ1) is 7.83. The zero-order chi connectivity index (χ0) is 11.4. The molecule has 0 radical (unpaired) electrons. The van der Waals surface area contributed by atoms with Crippen molar-refractivity contribution in [2.45, 2.75) is 38.6 Å². The minimum absolute atomic E-state index is 0.0761. The molecule has 4 nitrogen and oxygen atoms in total. The third kappa shape index (κ3) is 2.21. The van der Waals surface area contributed by atoms with Crippen LogP contribution in [0, 0.1) is 0 Å². The van der Waals surface area contributed by atoms with E-state index in [0.717, 1.165) is 25.8 Å². The molecule has 0 aromatic carbocycles. The molecule has 1 saturated heterocycles. The summed E-state index contributed by atoms with van der Waals surface area (Å²) in [4.78, 5) is 22.0. The second kappa shape index (κ2) is 5.05. The number of piperidine rings is 1. The Bertz CT molecular complexity index is 353. The number of hydrogen-bond donors (Lipinski definition) is 0. The smallest absolute Gasteiger partial charge is 0.257 e. The van der Waals surface area contributed by atoms with Gasteiger partial charge < -0.3 is 4.90 Å². The highest BCUT2D eigenvalue weighted by molar-refractivity contribution is 5.93. The van der Waals surface area contributed by atoms with E-state index >= 15 is 0 Å². The summed E-state index contributed by atoms with van der Waals surface area (Å²) in [6, 6.07) is 0.390. The summed E-state index contributed by atoms with van der Waals surface area (Å²) in [7, 11) is 0. The summed E-state index contributed by atoms with van der Waals surface area (Å²) in [5.74, 6) is 0.0761. The van der Waals surface area contributed by atoms with Crippen LogP contribution in [0.2, 0.25) is 0 Å². The first-order valence-electron chi connectivity index (χ1n) is 5.89. The quantitative estimate of drug-likeness (QED) is 0.763. The van der Waals surface area contributed by atoms with Gasteiger partial charge in [-0.15, -0.1) is 0 Å². The predicted octanol–water partition coefficient (Wildman–Crippen LogP) is 1.88. The molecule has 1 amide bonds. The van der Waals surface area contributed by atoms with Crippen LogP contribution in [0.3, 0.4) is 0 Å². The maximum atomic E-state index is 12.2. The number of hydrogen-bond acceptors (Lipinski definition) is 3. The number of amides is 1. The van der Waals surface area contributed by atoms with Crippen molar-refractivity contribution < 1.29 is 4.79 Å². The van der Waals surface area contributed by atoms with Gasteiger partial charge in [-0.25, -0.2) is 9.97 Å². The molecule has 2 heterocycles. The minimum Gasteiger partial charge on any atom is -0.336 e. The second-order valence-electron chi connectivity index (χ2n) is 4.18. The fourth-order valence-corrected chi connectivity index (χ4v) is 2.27. The van der Waals surface area contributed by atoms with E-state index in [1.165, 1.54) is 12.7 Å². The number of nitrogens with zero attached hydrogens (tertiary/aromatic N) is 3. The molecule has 1 aromatic rings. The summed E-state index contributed by atoms with van der Waals surface area (Å²) in [6.45, 7) is 3.00. The molecular formula is C12H17N3O. The summed E-state index contributed by atoms with van der Waals surface area (Å²) >= 11 is 0. The van der Waals surface area contributed by atoms with Crippen LogP contribution in [0.5, 0.6) is 0 Å². The molecule has 16 heavy (non-hydrogen) atoms. The highest BCUT2D eigenvalue weighted by Crippen LogP contribution is 2.21. The van der Waals surface area contributed by atoms with Crippen molar-refractivity contribution in [1.29, 1.82) is 0 Å². The molecule has 86 valence electrons. The third-order valence-electron chi connectivity index (χ3n) is 3.17. The highest BCUT2D eigenvalue weighted by Gasteiger charge is 2.26. The number of carbonyl (C=O) groups excluding carboxylic acids is 1. The molecule has 2 rings (SSSR count). The maximum Gasteiger partial charge on any atom is 0.257 e. The van der Waals surface area contributed by atoms with Crippen molar-refractivity contribution in [3.05, 3.63) is 24.3 Å². The van der Waals surface area contributed by atoms with Crippen molar-refractivity contribution in [2.75, 3.05) is 6.54 Å². The van der Waals surface area contributed by atoms with Crippen LogP contribution in [0.4, 0.5) is 0 Å². The highest BCUT2D eigenvalue weighted by atomic mass is 16.2. The summed E-state index contributed by atoms with van der Waals surface area (Å²) in [5.41, 5.74) is 0.600. The van der Waals surface area contributed by atoms with E-state index in [1.807, 2.05) is 4.90 Å². The van der Waals surface area contributed by atoms with Crippen molar-refractivity contribution in [1.82, 2.24) is 14.9 Å². The molecule has 0 spiro atoms. The fourth-order valence-electron chi connectivity index (χ4n) is 2.27. The lowest BCUT2D eigenvalue weighted by molar-refractivity contribution is 0.0607. The molecule has 0 aliphatic carbocycles. The van der Waals surface area contributed by atoms with E-state index in [0.29, 0.717) is 11.6 Å². The van der Waals surface area contributed by atoms with E-state index in [1.54, 1.807) is 12.4 Å². The van der Waals surface area contributed by atoms with Gasteiger partial charge in [0.05, 0.1) is 5.56 Å². The molecule has 1 unspecified atom stereocenters. The van der Waals surface area contributed by atoms with E-state index in [2.05, 4.69) is 16.9 Å². The standard InChI is InChI=1S/C12H17N3O/c1-2-11-5-3-4-6-15(11)12(16)10-7-13-9-14-8-10/h7-9,11H,2-6H2,1H3.